The molecule has 0 radical (unpaired) electrons. The van der Waals surface area contributed by atoms with Gasteiger partial charge in [-0.2, -0.15) is 0 Å². The Hall–Kier alpha value is -1.22. The Kier molecular flexibility index (Phi) is 3.57. The maximum Gasteiger partial charge on any atom is 0.255 e. The van der Waals surface area contributed by atoms with E-state index in [2.05, 4.69) is 6.92 Å². The maximum absolute atomic E-state index is 12.2. The van der Waals surface area contributed by atoms with Gasteiger partial charge in [0, 0.05) is 13.1 Å². The summed E-state index contributed by atoms with van der Waals surface area (Å²) in [4.78, 5) is 14.0. The zero-order valence-electron chi connectivity index (χ0n) is 9.82. The number of rotatable bonds is 1. The number of hydrogen-bond acceptors (Lipinski definition) is 2. The van der Waals surface area contributed by atoms with Crippen molar-refractivity contribution in [2.45, 2.75) is 19.8 Å². The number of benzene rings is 1. The second kappa shape index (κ2) is 4.96. The summed E-state index contributed by atoms with van der Waals surface area (Å²) in [6.45, 7) is 3.74. The fourth-order valence-corrected chi connectivity index (χ4v) is 2.26. The molecule has 0 aliphatic carbocycles. The molecule has 1 aliphatic rings. The molecule has 1 aromatic rings. The number of hydrogen-bond donors (Lipinski definition) is 1. The first kappa shape index (κ1) is 12.2. The number of carbonyl (C=O) groups excluding carboxylic acids is 1. The van der Waals surface area contributed by atoms with Gasteiger partial charge in [-0.3, -0.25) is 4.79 Å². The predicted octanol–water partition coefficient (Wildman–Crippen LogP) is 2.92. The van der Waals surface area contributed by atoms with Crippen LogP contribution in [0.3, 0.4) is 0 Å². The summed E-state index contributed by atoms with van der Waals surface area (Å²) in [5.41, 5.74) is 0.390. The second-order valence-corrected chi connectivity index (χ2v) is 5.05. The molecule has 0 aromatic heterocycles. The second-order valence-electron chi connectivity index (χ2n) is 4.64. The molecule has 1 saturated heterocycles. The van der Waals surface area contributed by atoms with Crippen LogP contribution in [0, 0.1) is 5.92 Å². The lowest BCUT2D eigenvalue weighted by Gasteiger charge is -2.30. The highest BCUT2D eigenvalue weighted by Crippen LogP contribution is 2.25. The van der Waals surface area contributed by atoms with E-state index in [1.54, 1.807) is 11.0 Å². The van der Waals surface area contributed by atoms with Gasteiger partial charge in [0.25, 0.3) is 5.91 Å². The Morgan fingerprint density at radius 2 is 2.06 bits per heavy atom. The number of piperidine rings is 1. The number of phenolic OH excluding ortho intramolecular Hbond substituents is 1. The van der Waals surface area contributed by atoms with Crippen molar-refractivity contribution in [1.82, 2.24) is 4.90 Å². The lowest BCUT2D eigenvalue weighted by atomic mass is 9.98. The van der Waals surface area contributed by atoms with Gasteiger partial charge < -0.3 is 10.0 Å². The molecule has 1 aliphatic heterocycles. The molecule has 17 heavy (non-hydrogen) atoms. The molecular weight excluding hydrogens is 238 g/mol. The minimum atomic E-state index is -0.0854. The van der Waals surface area contributed by atoms with E-state index < -0.39 is 0 Å². The van der Waals surface area contributed by atoms with Crippen molar-refractivity contribution in [3.63, 3.8) is 0 Å². The minimum Gasteiger partial charge on any atom is -0.508 e. The Bertz CT molecular complexity index is 425. The first-order valence-corrected chi connectivity index (χ1v) is 6.23. The number of nitrogens with zero attached hydrogens (tertiary/aromatic N) is 1. The van der Waals surface area contributed by atoms with Gasteiger partial charge in [-0.25, -0.2) is 0 Å². The smallest absolute Gasteiger partial charge is 0.255 e. The van der Waals surface area contributed by atoms with Crippen LogP contribution in [0.4, 0.5) is 0 Å². The lowest BCUT2D eigenvalue weighted by molar-refractivity contribution is 0.0697. The van der Waals surface area contributed by atoms with Gasteiger partial charge >= 0.3 is 0 Å². The van der Waals surface area contributed by atoms with E-state index in [9.17, 15) is 9.90 Å². The first-order chi connectivity index (χ1) is 8.08. The van der Waals surface area contributed by atoms with Gasteiger partial charge in [0.2, 0.25) is 0 Å². The molecule has 1 aromatic carbocycles. The van der Waals surface area contributed by atoms with Crippen molar-refractivity contribution >= 4 is 17.5 Å². The topological polar surface area (TPSA) is 40.5 Å². The fourth-order valence-electron chi connectivity index (χ4n) is 2.06. The summed E-state index contributed by atoms with van der Waals surface area (Å²) >= 11 is 5.98. The van der Waals surface area contributed by atoms with E-state index >= 15 is 0 Å². The highest BCUT2D eigenvalue weighted by molar-refractivity contribution is 6.33. The van der Waals surface area contributed by atoms with Crippen LogP contribution in [0.5, 0.6) is 5.75 Å². The highest BCUT2D eigenvalue weighted by Gasteiger charge is 2.23. The molecule has 1 N–H and O–H groups in total. The molecule has 0 bridgehead atoms. The Morgan fingerprint density at radius 3 is 2.71 bits per heavy atom. The van der Waals surface area contributed by atoms with Gasteiger partial charge in [0.15, 0.2) is 0 Å². The molecule has 92 valence electrons. The third kappa shape index (κ3) is 2.72. The summed E-state index contributed by atoms with van der Waals surface area (Å²) in [5, 5.41) is 9.79. The highest BCUT2D eigenvalue weighted by atomic mass is 35.5. The van der Waals surface area contributed by atoms with Gasteiger partial charge in [0.05, 0.1) is 10.6 Å². The van der Waals surface area contributed by atoms with Crippen LogP contribution in [-0.2, 0) is 0 Å². The average Bonchev–Trinajstić information content (AvgIpc) is 2.32. The van der Waals surface area contributed by atoms with Crippen molar-refractivity contribution < 1.29 is 9.90 Å². The number of likely N-dealkylation sites (tertiary alicyclic amines) is 1. The van der Waals surface area contributed by atoms with Gasteiger partial charge in [-0.1, -0.05) is 18.5 Å². The molecule has 3 nitrogen and oxygen atoms in total. The summed E-state index contributed by atoms with van der Waals surface area (Å²) in [7, 11) is 0. The zero-order valence-corrected chi connectivity index (χ0v) is 10.6. The number of amides is 1. The fraction of sp³-hybridized carbons (Fsp3) is 0.462. The zero-order chi connectivity index (χ0) is 12.4. The van der Waals surface area contributed by atoms with Crippen LogP contribution in [0.15, 0.2) is 18.2 Å². The number of halogens is 1. The van der Waals surface area contributed by atoms with Gasteiger partial charge in [-0.05, 0) is 37.0 Å². The first-order valence-electron chi connectivity index (χ1n) is 5.85. The van der Waals surface area contributed by atoms with Crippen molar-refractivity contribution in [2.75, 3.05) is 13.1 Å². The molecule has 1 heterocycles. The van der Waals surface area contributed by atoms with Crippen LogP contribution in [0.25, 0.3) is 0 Å². The van der Waals surface area contributed by atoms with Crippen LogP contribution < -0.4 is 0 Å². The molecule has 1 amide bonds. The van der Waals surface area contributed by atoms with Gasteiger partial charge in [-0.15, -0.1) is 0 Å². The van der Waals surface area contributed by atoms with Crippen molar-refractivity contribution in [3.8, 4) is 5.75 Å². The van der Waals surface area contributed by atoms with Crippen LogP contribution in [-0.4, -0.2) is 29.0 Å². The largest absolute Gasteiger partial charge is 0.508 e. The standard InChI is InChI=1S/C13H16ClNO2/c1-9-4-6-15(7-5-9)13(17)11-8-10(16)2-3-12(11)14/h2-3,8-9,16H,4-7H2,1H3. The SMILES string of the molecule is CC1CCN(C(=O)c2cc(O)ccc2Cl)CC1. The van der Waals surface area contributed by atoms with Crippen LogP contribution >= 0.6 is 11.6 Å². The summed E-state index contributed by atoms with van der Waals surface area (Å²) in [6.07, 6.45) is 2.06. The molecule has 0 saturated carbocycles. The van der Waals surface area contributed by atoms with E-state index in [0.29, 0.717) is 16.5 Å². The van der Waals surface area contributed by atoms with Crippen molar-refractivity contribution in [2.24, 2.45) is 5.92 Å². The molecular formula is C13H16ClNO2. The Labute approximate surface area is 106 Å². The van der Waals surface area contributed by atoms with E-state index in [0.717, 1.165) is 25.9 Å². The molecule has 0 spiro atoms. The number of carbonyl (C=O) groups is 1. The predicted molar refractivity (Wildman–Crippen MR) is 67.4 cm³/mol. The molecule has 0 unspecified atom stereocenters. The van der Waals surface area contributed by atoms with E-state index in [-0.39, 0.29) is 11.7 Å². The molecule has 2 rings (SSSR count). The Morgan fingerprint density at radius 1 is 1.41 bits per heavy atom. The maximum atomic E-state index is 12.2. The molecule has 0 atom stereocenters. The number of phenols is 1. The van der Waals surface area contributed by atoms with E-state index in [1.807, 2.05) is 0 Å². The molecule has 4 heteroatoms. The van der Waals surface area contributed by atoms with Gasteiger partial charge in [0.1, 0.15) is 5.75 Å². The number of aromatic hydroxyl groups is 1. The van der Waals surface area contributed by atoms with Crippen LogP contribution in [0.1, 0.15) is 30.1 Å². The van der Waals surface area contributed by atoms with Crippen molar-refractivity contribution in [1.29, 1.82) is 0 Å². The summed E-state index contributed by atoms with van der Waals surface area (Å²) < 4.78 is 0. The lowest BCUT2D eigenvalue weighted by Crippen LogP contribution is -2.38. The third-order valence-electron chi connectivity index (χ3n) is 3.25. The van der Waals surface area contributed by atoms with E-state index in [4.69, 9.17) is 11.6 Å². The average molecular weight is 254 g/mol. The third-order valence-corrected chi connectivity index (χ3v) is 3.58. The molecule has 1 fully saturated rings. The normalized spacial score (nSPS) is 17.2. The van der Waals surface area contributed by atoms with Crippen molar-refractivity contribution in [3.05, 3.63) is 28.8 Å². The van der Waals surface area contributed by atoms with E-state index in [1.165, 1.54) is 12.1 Å². The summed E-state index contributed by atoms with van der Waals surface area (Å²) in [5.74, 6) is 0.666. The quantitative estimate of drug-likeness (QED) is 0.836. The monoisotopic (exact) mass is 253 g/mol. The Balaban J connectivity index is 2.16. The summed E-state index contributed by atoms with van der Waals surface area (Å²) in [6, 6.07) is 4.47. The minimum absolute atomic E-state index is 0.0723. The van der Waals surface area contributed by atoms with Crippen LogP contribution in [0.2, 0.25) is 5.02 Å².